The molecule has 4 rings (SSSR count). The molecule has 0 saturated heterocycles. The van der Waals surface area contributed by atoms with Crippen molar-refractivity contribution in [1.82, 2.24) is 0 Å². The van der Waals surface area contributed by atoms with Crippen LogP contribution in [0.1, 0.15) is 55.2 Å². The molecular weight excluding hydrogens is 371 g/mol. The highest BCUT2D eigenvalue weighted by atomic mass is 19.1. The number of hydrogen-bond acceptors (Lipinski definition) is 1. The number of ether oxygens (including phenoxy) is 1. The zero-order valence-electron chi connectivity index (χ0n) is 17.7. The van der Waals surface area contributed by atoms with Gasteiger partial charge in [0.05, 0.1) is 0 Å². The molecule has 30 heavy (non-hydrogen) atoms. The van der Waals surface area contributed by atoms with E-state index >= 15 is 0 Å². The van der Waals surface area contributed by atoms with E-state index in [0.29, 0.717) is 5.92 Å². The van der Waals surface area contributed by atoms with Crippen LogP contribution in [0.2, 0.25) is 0 Å². The maximum atomic E-state index is 15.0. The first-order valence-electron chi connectivity index (χ1n) is 10.9. The molecule has 3 aromatic rings. The molecule has 0 bridgehead atoms. The molecule has 1 nitrogen and oxygen atoms in total. The lowest BCUT2D eigenvalue weighted by Gasteiger charge is -2.18. The third kappa shape index (κ3) is 5.38. The van der Waals surface area contributed by atoms with Crippen LogP contribution in [0.3, 0.4) is 0 Å². The lowest BCUT2D eigenvalue weighted by molar-refractivity contribution is 0.481. The summed E-state index contributed by atoms with van der Waals surface area (Å²) in [6.45, 7) is 4.30. The quantitative estimate of drug-likeness (QED) is 0.370. The van der Waals surface area contributed by atoms with Gasteiger partial charge in [-0.1, -0.05) is 68.4 Å². The second-order valence-electron chi connectivity index (χ2n) is 8.56. The molecule has 0 spiro atoms. The summed E-state index contributed by atoms with van der Waals surface area (Å²) in [4.78, 5) is 0. The fraction of sp³-hybridized carbons (Fsp3) is 0.286. The number of rotatable bonds is 8. The van der Waals surface area contributed by atoms with Crippen LogP contribution in [-0.2, 0) is 6.42 Å². The molecular formula is C28H29FO. The molecule has 1 saturated carbocycles. The van der Waals surface area contributed by atoms with Gasteiger partial charge in [0.1, 0.15) is 17.3 Å². The first kappa shape index (κ1) is 20.4. The van der Waals surface area contributed by atoms with Crippen molar-refractivity contribution in [3.05, 3.63) is 107 Å². The van der Waals surface area contributed by atoms with E-state index in [1.165, 1.54) is 24.0 Å². The van der Waals surface area contributed by atoms with Crippen LogP contribution in [-0.4, -0.2) is 0 Å². The average molecular weight is 401 g/mol. The van der Waals surface area contributed by atoms with Crippen molar-refractivity contribution < 1.29 is 9.13 Å². The smallest absolute Gasteiger partial charge is 0.127 e. The Kier molecular flexibility index (Phi) is 6.32. The van der Waals surface area contributed by atoms with Crippen LogP contribution in [0, 0.1) is 5.92 Å². The molecule has 1 unspecified atom stereocenters. The third-order valence-electron chi connectivity index (χ3n) is 5.70. The van der Waals surface area contributed by atoms with E-state index in [1.54, 1.807) is 6.08 Å². The summed E-state index contributed by atoms with van der Waals surface area (Å²) < 4.78 is 20.9. The minimum Gasteiger partial charge on any atom is -0.457 e. The minimum atomic E-state index is -0.100. The van der Waals surface area contributed by atoms with Crippen LogP contribution in [0.5, 0.6) is 11.5 Å². The number of hydrogen-bond donors (Lipinski definition) is 0. The van der Waals surface area contributed by atoms with Crippen molar-refractivity contribution in [2.75, 3.05) is 0 Å². The molecule has 2 heteroatoms. The van der Waals surface area contributed by atoms with Gasteiger partial charge in [0.15, 0.2) is 0 Å². The Labute approximate surface area is 179 Å². The summed E-state index contributed by atoms with van der Waals surface area (Å²) in [5, 5.41) is 0. The van der Waals surface area contributed by atoms with Gasteiger partial charge >= 0.3 is 0 Å². The average Bonchev–Trinajstić information content (AvgIpc) is 3.58. The fourth-order valence-corrected chi connectivity index (χ4v) is 3.87. The van der Waals surface area contributed by atoms with Gasteiger partial charge in [-0.05, 0) is 71.7 Å². The van der Waals surface area contributed by atoms with Crippen LogP contribution in [0.4, 0.5) is 4.39 Å². The Balaban J connectivity index is 1.46. The normalized spacial score (nSPS) is 15.3. The van der Waals surface area contributed by atoms with E-state index in [9.17, 15) is 4.39 Å². The van der Waals surface area contributed by atoms with Gasteiger partial charge in [0.2, 0.25) is 0 Å². The van der Waals surface area contributed by atoms with Gasteiger partial charge in [-0.25, -0.2) is 4.39 Å². The lowest BCUT2D eigenvalue weighted by Crippen LogP contribution is -2.05. The Bertz CT molecular complexity index is 985. The standard InChI is InChI=1S/C28H29FO/c1-20(2)28(24-15-13-23(14-16-24)22-11-12-22)19-25(29)17-21-7-6-10-27(18-21)30-26-8-4-3-5-9-26/h3-10,13-16,18-20,22,28H,11-12,17H2,1-2H3/b25-19-. The summed E-state index contributed by atoms with van der Waals surface area (Å²) in [7, 11) is 0. The minimum absolute atomic E-state index is 0.0713. The van der Waals surface area contributed by atoms with E-state index in [-0.39, 0.29) is 18.2 Å². The van der Waals surface area contributed by atoms with E-state index in [0.717, 1.165) is 23.0 Å². The molecule has 154 valence electrons. The monoisotopic (exact) mass is 400 g/mol. The zero-order valence-corrected chi connectivity index (χ0v) is 17.7. The predicted molar refractivity (Wildman–Crippen MR) is 122 cm³/mol. The maximum absolute atomic E-state index is 15.0. The van der Waals surface area contributed by atoms with Gasteiger partial charge in [0, 0.05) is 12.3 Å². The van der Waals surface area contributed by atoms with Crippen LogP contribution in [0.25, 0.3) is 0 Å². The predicted octanol–water partition coefficient (Wildman–Crippen LogP) is 8.19. The molecule has 0 radical (unpaired) electrons. The highest BCUT2D eigenvalue weighted by Crippen LogP contribution is 2.40. The maximum Gasteiger partial charge on any atom is 0.127 e. The largest absolute Gasteiger partial charge is 0.457 e. The van der Waals surface area contributed by atoms with Crippen LogP contribution in [0.15, 0.2) is 90.8 Å². The van der Waals surface area contributed by atoms with Crippen LogP contribution < -0.4 is 4.74 Å². The Hall–Kier alpha value is -2.87. The van der Waals surface area contributed by atoms with Gasteiger partial charge < -0.3 is 4.74 Å². The van der Waals surface area contributed by atoms with Crippen LogP contribution >= 0.6 is 0 Å². The summed E-state index contributed by atoms with van der Waals surface area (Å²) in [6.07, 6.45) is 4.67. The zero-order chi connectivity index (χ0) is 20.9. The highest BCUT2D eigenvalue weighted by molar-refractivity contribution is 5.36. The summed E-state index contributed by atoms with van der Waals surface area (Å²) in [5.41, 5.74) is 3.51. The fourth-order valence-electron chi connectivity index (χ4n) is 3.87. The molecule has 3 aromatic carbocycles. The van der Waals surface area contributed by atoms with Crippen molar-refractivity contribution in [2.45, 2.75) is 44.9 Å². The van der Waals surface area contributed by atoms with Crippen molar-refractivity contribution in [1.29, 1.82) is 0 Å². The van der Waals surface area contributed by atoms with E-state index in [2.05, 4.69) is 38.1 Å². The molecule has 0 aromatic heterocycles. The van der Waals surface area contributed by atoms with Crippen molar-refractivity contribution in [2.24, 2.45) is 5.92 Å². The SMILES string of the molecule is CC(C)C(/C=C(\F)Cc1cccc(Oc2ccccc2)c1)c1ccc(C2CC2)cc1. The Morgan fingerprint density at radius 2 is 1.63 bits per heavy atom. The van der Waals surface area contributed by atoms with Gasteiger partial charge in [-0.2, -0.15) is 0 Å². The number of benzene rings is 3. The molecule has 0 amide bonds. The molecule has 0 heterocycles. The molecule has 1 aliphatic rings. The van der Waals surface area contributed by atoms with Gasteiger partial charge in [-0.15, -0.1) is 0 Å². The van der Waals surface area contributed by atoms with Crippen molar-refractivity contribution in [3.8, 4) is 11.5 Å². The molecule has 1 fully saturated rings. The number of allylic oxidation sites excluding steroid dienone is 2. The highest BCUT2D eigenvalue weighted by Gasteiger charge is 2.23. The summed E-state index contributed by atoms with van der Waals surface area (Å²) >= 11 is 0. The Morgan fingerprint density at radius 3 is 2.30 bits per heavy atom. The lowest BCUT2D eigenvalue weighted by atomic mass is 9.87. The second-order valence-corrected chi connectivity index (χ2v) is 8.56. The number of halogens is 1. The topological polar surface area (TPSA) is 9.23 Å². The van der Waals surface area contributed by atoms with E-state index < -0.39 is 0 Å². The van der Waals surface area contributed by atoms with Crippen molar-refractivity contribution in [3.63, 3.8) is 0 Å². The first-order chi connectivity index (χ1) is 14.6. The second kappa shape index (κ2) is 9.30. The number of para-hydroxylation sites is 1. The van der Waals surface area contributed by atoms with E-state index in [1.807, 2.05) is 54.6 Å². The van der Waals surface area contributed by atoms with Crippen molar-refractivity contribution >= 4 is 0 Å². The molecule has 0 aliphatic heterocycles. The Morgan fingerprint density at radius 1 is 0.933 bits per heavy atom. The molecule has 1 atom stereocenters. The molecule has 0 N–H and O–H groups in total. The first-order valence-corrected chi connectivity index (χ1v) is 10.9. The molecule has 1 aliphatic carbocycles. The van der Waals surface area contributed by atoms with E-state index in [4.69, 9.17) is 4.74 Å². The third-order valence-corrected chi connectivity index (χ3v) is 5.70. The summed E-state index contributed by atoms with van der Waals surface area (Å²) in [5.74, 6) is 2.55. The van der Waals surface area contributed by atoms with Gasteiger partial charge in [-0.3, -0.25) is 0 Å². The summed E-state index contributed by atoms with van der Waals surface area (Å²) in [6, 6.07) is 26.1. The van der Waals surface area contributed by atoms with Gasteiger partial charge in [0.25, 0.3) is 0 Å².